The first-order chi connectivity index (χ1) is 9.72. The molecule has 0 spiro atoms. The smallest absolute Gasteiger partial charge is 0.259 e. The van der Waals surface area contributed by atoms with Gasteiger partial charge in [-0.1, -0.05) is 30.3 Å². The Hall–Kier alpha value is -2.33. The van der Waals surface area contributed by atoms with Crippen molar-refractivity contribution >= 4 is 11.6 Å². The van der Waals surface area contributed by atoms with Gasteiger partial charge in [-0.15, -0.1) is 0 Å². The predicted molar refractivity (Wildman–Crippen MR) is 75.7 cm³/mol. The second-order valence-corrected chi connectivity index (χ2v) is 4.71. The lowest BCUT2D eigenvalue weighted by Gasteiger charge is -2.44. The molecule has 0 bridgehead atoms. The summed E-state index contributed by atoms with van der Waals surface area (Å²) in [5.74, 6) is 0.461. The minimum Gasteiger partial charge on any atom is -0.497 e. The Morgan fingerprint density at radius 2 is 1.70 bits per heavy atom. The maximum atomic E-state index is 11.9. The van der Waals surface area contributed by atoms with Crippen LogP contribution >= 0.6 is 0 Å². The molecule has 0 unspecified atom stereocenters. The number of rotatable bonds is 3. The van der Waals surface area contributed by atoms with Gasteiger partial charge in [-0.3, -0.25) is 9.69 Å². The molecule has 4 heteroatoms. The number of aliphatic hydroxyl groups excluding tert-OH is 1. The first-order valence-electron chi connectivity index (χ1n) is 6.42. The number of carbonyl (C=O) groups is 1. The topological polar surface area (TPSA) is 49.8 Å². The second kappa shape index (κ2) is 4.98. The molecule has 2 aromatic rings. The van der Waals surface area contributed by atoms with Crippen molar-refractivity contribution in [2.75, 3.05) is 12.0 Å². The molecule has 102 valence electrons. The van der Waals surface area contributed by atoms with E-state index in [-0.39, 0.29) is 11.9 Å². The highest BCUT2D eigenvalue weighted by Crippen LogP contribution is 2.39. The standard InChI is InChI=1S/C16H15NO3/c1-20-13-9-7-12(8-10-13)17-14(15(18)16(17)19)11-5-3-2-4-6-11/h2-10,14-15,18H,1H3/t14-,15+/m0/s1. The Morgan fingerprint density at radius 3 is 2.30 bits per heavy atom. The van der Waals surface area contributed by atoms with E-state index in [0.29, 0.717) is 0 Å². The van der Waals surface area contributed by atoms with Gasteiger partial charge in [0.25, 0.3) is 5.91 Å². The first kappa shape index (κ1) is 12.7. The summed E-state index contributed by atoms with van der Waals surface area (Å²) in [6.07, 6.45) is -0.973. The number of aliphatic hydroxyl groups is 1. The summed E-state index contributed by atoms with van der Waals surface area (Å²) in [5, 5.41) is 9.95. The number of nitrogens with zero attached hydrogens (tertiary/aromatic N) is 1. The van der Waals surface area contributed by atoms with Crippen LogP contribution in [0.25, 0.3) is 0 Å². The molecule has 1 aliphatic heterocycles. The van der Waals surface area contributed by atoms with Crippen molar-refractivity contribution in [2.45, 2.75) is 12.1 Å². The van der Waals surface area contributed by atoms with E-state index in [1.54, 1.807) is 24.1 Å². The third kappa shape index (κ3) is 1.94. The lowest BCUT2D eigenvalue weighted by Crippen LogP contribution is -2.59. The number of carbonyl (C=O) groups excluding carboxylic acids is 1. The Kier molecular flexibility index (Phi) is 3.16. The van der Waals surface area contributed by atoms with Crippen molar-refractivity contribution in [3.05, 3.63) is 60.2 Å². The molecule has 20 heavy (non-hydrogen) atoms. The van der Waals surface area contributed by atoms with Crippen LogP contribution in [0, 0.1) is 0 Å². The molecule has 0 aliphatic carbocycles. The largest absolute Gasteiger partial charge is 0.497 e. The van der Waals surface area contributed by atoms with Gasteiger partial charge in [-0.25, -0.2) is 0 Å². The van der Waals surface area contributed by atoms with Crippen LogP contribution in [0.5, 0.6) is 5.75 Å². The SMILES string of the molecule is COc1ccc(N2C(=O)[C@H](O)[C@@H]2c2ccccc2)cc1. The van der Waals surface area contributed by atoms with Crippen LogP contribution in [0.1, 0.15) is 11.6 Å². The summed E-state index contributed by atoms with van der Waals surface area (Å²) in [6.45, 7) is 0. The number of methoxy groups -OCH3 is 1. The van der Waals surface area contributed by atoms with Crippen molar-refractivity contribution in [1.29, 1.82) is 0 Å². The van der Waals surface area contributed by atoms with Crippen molar-refractivity contribution in [2.24, 2.45) is 0 Å². The summed E-state index contributed by atoms with van der Waals surface area (Å²) in [7, 11) is 1.60. The van der Waals surface area contributed by atoms with Gasteiger partial charge in [0.1, 0.15) is 5.75 Å². The van der Waals surface area contributed by atoms with Gasteiger partial charge in [0.15, 0.2) is 6.10 Å². The maximum Gasteiger partial charge on any atom is 0.259 e. The molecule has 0 saturated carbocycles. The number of amides is 1. The van der Waals surface area contributed by atoms with Gasteiger partial charge in [0, 0.05) is 5.69 Å². The van der Waals surface area contributed by atoms with Crippen LogP contribution in [-0.4, -0.2) is 24.2 Å². The van der Waals surface area contributed by atoms with Crippen molar-refractivity contribution in [3.63, 3.8) is 0 Å². The summed E-state index contributed by atoms with van der Waals surface area (Å²) < 4.78 is 5.11. The fourth-order valence-corrected chi connectivity index (χ4v) is 2.49. The second-order valence-electron chi connectivity index (χ2n) is 4.71. The van der Waals surface area contributed by atoms with Gasteiger partial charge in [0.2, 0.25) is 0 Å². The fourth-order valence-electron chi connectivity index (χ4n) is 2.49. The van der Waals surface area contributed by atoms with Gasteiger partial charge in [-0.05, 0) is 29.8 Å². The molecule has 3 rings (SSSR count). The average Bonchev–Trinajstić information content (AvgIpc) is 2.52. The highest BCUT2D eigenvalue weighted by Gasteiger charge is 2.47. The lowest BCUT2D eigenvalue weighted by molar-refractivity contribution is -0.137. The Bertz CT molecular complexity index is 609. The van der Waals surface area contributed by atoms with E-state index in [4.69, 9.17) is 4.74 Å². The summed E-state index contributed by atoms with van der Waals surface area (Å²) in [4.78, 5) is 13.6. The molecule has 1 N–H and O–H groups in total. The van der Waals surface area contributed by atoms with Gasteiger partial charge >= 0.3 is 0 Å². The molecule has 0 radical (unpaired) electrons. The Labute approximate surface area is 117 Å². The quantitative estimate of drug-likeness (QED) is 0.869. The zero-order valence-corrected chi connectivity index (χ0v) is 11.1. The third-order valence-corrected chi connectivity index (χ3v) is 3.56. The number of β-lactam (4-membered cyclic amide) rings is 1. The molecule has 1 fully saturated rings. The first-order valence-corrected chi connectivity index (χ1v) is 6.42. The van der Waals surface area contributed by atoms with Crippen LogP contribution in [0.3, 0.4) is 0 Å². The molecular weight excluding hydrogens is 254 g/mol. The van der Waals surface area contributed by atoms with E-state index in [0.717, 1.165) is 17.0 Å². The van der Waals surface area contributed by atoms with Crippen LogP contribution in [0.15, 0.2) is 54.6 Å². The normalized spacial score (nSPS) is 21.5. The lowest BCUT2D eigenvalue weighted by atomic mass is 9.90. The summed E-state index contributed by atoms with van der Waals surface area (Å²) in [6, 6.07) is 16.5. The molecular formula is C16H15NO3. The van der Waals surface area contributed by atoms with E-state index >= 15 is 0 Å². The van der Waals surface area contributed by atoms with E-state index in [1.807, 2.05) is 42.5 Å². The highest BCUT2D eigenvalue weighted by atomic mass is 16.5. The van der Waals surface area contributed by atoms with E-state index in [2.05, 4.69) is 0 Å². The fraction of sp³-hybridized carbons (Fsp3) is 0.188. The van der Waals surface area contributed by atoms with Crippen LogP contribution in [0.2, 0.25) is 0 Å². The maximum absolute atomic E-state index is 11.9. The Balaban J connectivity index is 1.92. The van der Waals surface area contributed by atoms with Crippen molar-refractivity contribution < 1.29 is 14.6 Å². The average molecular weight is 269 g/mol. The summed E-state index contributed by atoms with van der Waals surface area (Å²) >= 11 is 0. The minimum atomic E-state index is -0.973. The minimum absolute atomic E-state index is 0.274. The number of ether oxygens (including phenoxy) is 1. The molecule has 1 aliphatic rings. The zero-order chi connectivity index (χ0) is 14.1. The van der Waals surface area contributed by atoms with Crippen LogP contribution in [0.4, 0.5) is 5.69 Å². The molecule has 1 heterocycles. The number of hydrogen-bond acceptors (Lipinski definition) is 3. The molecule has 4 nitrogen and oxygen atoms in total. The molecule has 2 aromatic carbocycles. The third-order valence-electron chi connectivity index (χ3n) is 3.56. The van der Waals surface area contributed by atoms with Gasteiger partial charge in [0.05, 0.1) is 13.2 Å². The van der Waals surface area contributed by atoms with E-state index in [1.165, 1.54) is 0 Å². The monoisotopic (exact) mass is 269 g/mol. The Morgan fingerprint density at radius 1 is 1.05 bits per heavy atom. The van der Waals surface area contributed by atoms with Gasteiger partial charge < -0.3 is 9.84 Å². The molecule has 2 atom stereocenters. The van der Waals surface area contributed by atoms with Crippen molar-refractivity contribution in [3.8, 4) is 5.75 Å². The van der Waals surface area contributed by atoms with Crippen LogP contribution < -0.4 is 9.64 Å². The molecule has 1 saturated heterocycles. The van der Waals surface area contributed by atoms with Gasteiger partial charge in [-0.2, -0.15) is 0 Å². The summed E-state index contributed by atoms with van der Waals surface area (Å²) in [5.41, 5.74) is 1.69. The van der Waals surface area contributed by atoms with E-state index in [9.17, 15) is 9.90 Å². The van der Waals surface area contributed by atoms with E-state index < -0.39 is 6.10 Å². The number of benzene rings is 2. The molecule has 1 amide bonds. The van der Waals surface area contributed by atoms with Crippen LogP contribution in [-0.2, 0) is 4.79 Å². The number of hydrogen-bond donors (Lipinski definition) is 1. The molecule has 0 aromatic heterocycles. The van der Waals surface area contributed by atoms with Crippen molar-refractivity contribution in [1.82, 2.24) is 0 Å². The highest BCUT2D eigenvalue weighted by molar-refractivity contribution is 6.04. The zero-order valence-electron chi connectivity index (χ0n) is 11.1. The number of anilines is 1. The predicted octanol–water partition coefficient (Wildman–Crippen LogP) is 2.14.